The molecule has 0 saturated heterocycles. The molecule has 5 nitrogen and oxygen atoms in total. The zero-order valence-electron chi connectivity index (χ0n) is 16.3. The largest absolute Gasteiger partial charge is 0.495 e. The van der Waals surface area contributed by atoms with Crippen LogP contribution in [0.2, 0.25) is 0 Å². The summed E-state index contributed by atoms with van der Waals surface area (Å²) < 4.78 is 5.48. The van der Waals surface area contributed by atoms with Crippen LogP contribution in [-0.2, 0) is 0 Å². The van der Waals surface area contributed by atoms with Crippen LogP contribution in [0.1, 0.15) is 19.4 Å². The monoisotopic (exact) mass is 362 g/mol. The fraction of sp³-hybridized carbons (Fsp3) is 0.273. The molecule has 2 aromatic carbocycles. The summed E-state index contributed by atoms with van der Waals surface area (Å²) in [7, 11) is 1.67. The van der Waals surface area contributed by atoms with Crippen molar-refractivity contribution >= 4 is 17.5 Å². The topological polar surface area (TPSA) is 59.1 Å². The van der Waals surface area contributed by atoms with E-state index in [-0.39, 0.29) is 0 Å². The van der Waals surface area contributed by atoms with Gasteiger partial charge in [0.2, 0.25) is 5.95 Å². The van der Waals surface area contributed by atoms with Gasteiger partial charge in [0.15, 0.2) is 0 Å². The highest BCUT2D eigenvalue weighted by Crippen LogP contribution is 2.30. The molecule has 1 aromatic heterocycles. The van der Waals surface area contributed by atoms with Crippen LogP contribution in [0.15, 0.2) is 54.6 Å². The summed E-state index contributed by atoms with van der Waals surface area (Å²) in [4.78, 5) is 9.33. The van der Waals surface area contributed by atoms with Crippen molar-refractivity contribution in [3.05, 3.63) is 60.2 Å². The first-order chi connectivity index (χ1) is 13.0. The van der Waals surface area contributed by atoms with Gasteiger partial charge in [-0.1, -0.05) is 50.2 Å². The Bertz CT molecular complexity index is 894. The van der Waals surface area contributed by atoms with Gasteiger partial charge >= 0.3 is 0 Å². The SMILES string of the molecule is COc1ccc(C)cc1Nc1cc(-c2ccccc2)nc(NCC(C)C)n1. The molecule has 0 spiro atoms. The fourth-order valence-electron chi connectivity index (χ4n) is 2.70. The quantitative estimate of drug-likeness (QED) is 0.599. The van der Waals surface area contributed by atoms with Crippen molar-refractivity contribution in [1.82, 2.24) is 9.97 Å². The molecule has 1 heterocycles. The third-order valence-corrected chi connectivity index (χ3v) is 4.08. The molecule has 0 fully saturated rings. The lowest BCUT2D eigenvalue weighted by atomic mass is 10.1. The molecule has 5 heteroatoms. The van der Waals surface area contributed by atoms with E-state index in [0.717, 1.165) is 40.6 Å². The zero-order valence-corrected chi connectivity index (χ0v) is 16.3. The van der Waals surface area contributed by atoms with E-state index in [1.807, 2.05) is 54.6 Å². The molecule has 0 aliphatic carbocycles. The lowest BCUT2D eigenvalue weighted by Crippen LogP contribution is -2.11. The zero-order chi connectivity index (χ0) is 19.2. The highest BCUT2D eigenvalue weighted by molar-refractivity contribution is 5.70. The Morgan fingerprint density at radius 1 is 1.00 bits per heavy atom. The number of ether oxygens (including phenoxy) is 1. The van der Waals surface area contributed by atoms with Crippen LogP contribution in [0, 0.1) is 12.8 Å². The van der Waals surface area contributed by atoms with Crippen LogP contribution in [-0.4, -0.2) is 23.6 Å². The molecule has 0 aliphatic rings. The number of aryl methyl sites for hydroxylation is 1. The Labute approximate surface area is 160 Å². The van der Waals surface area contributed by atoms with Crippen LogP contribution in [0.5, 0.6) is 5.75 Å². The van der Waals surface area contributed by atoms with E-state index >= 15 is 0 Å². The van der Waals surface area contributed by atoms with Crippen molar-refractivity contribution in [2.75, 3.05) is 24.3 Å². The average Bonchev–Trinajstić information content (AvgIpc) is 2.67. The first-order valence-corrected chi connectivity index (χ1v) is 9.15. The number of benzene rings is 2. The lowest BCUT2D eigenvalue weighted by Gasteiger charge is -2.14. The van der Waals surface area contributed by atoms with Gasteiger partial charge in [-0.3, -0.25) is 0 Å². The van der Waals surface area contributed by atoms with Gasteiger partial charge in [0, 0.05) is 18.2 Å². The van der Waals surface area contributed by atoms with Crippen molar-refractivity contribution in [2.45, 2.75) is 20.8 Å². The van der Waals surface area contributed by atoms with E-state index in [0.29, 0.717) is 11.9 Å². The fourth-order valence-corrected chi connectivity index (χ4v) is 2.70. The van der Waals surface area contributed by atoms with Crippen molar-refractivity contribution in [2.24, 2.45) is 5.92 Å². The maximum absolute atomic E-state index is 5.48. The number of methoxy groups -OCH3 is 1. The van der Waals surface area contributed by atoms with E-state index in [1.165, 1.54) is 0 Å². The van der Waals surface area contributed by atoms with Crippen LogP contribution < -0.4 is 15.4 Å². The van der Waals surface area contributed by atoms with Crippen molar-refractivity contribution in [3.8, 4) is 17.0 Å². The number of hydrogen-bond donors (Lipinski definition) is 2. The molecule has 27 heavy (non-hydrogen) atoms. The molecule has 0 unspecified atom stereocenters. The molecule has 2 N–H and O–H groups in total. The minimum atomic E-state index is 0.502. The molecule has 0 radical (unpaired) electrons. The molecule has 3 aromatic rings. The first-order valence-electron chi connectivity index (χ1n) is 9.15. The maximum atomic E-state index is 5.48. The summed E-state index contributed by atoms with van der Waals surface area (Å²) in [6.07, 6.45) is 0. The average molecular weight is 362 g/mol. The van der Waals surface area contributed by atoms with Crippen molar-refractivity contribution < 1.29 is 4.74 Å². The second-order valence-corrected chi connectivity index (χ2v) is 6.93. The maximum Gasteiger partial charge on any atom is 0.225 e. The molecule has 0 atom stereocenters. The molecular weight excluding hydrogens is 336 g/mol. The van der Waals surface area contributed by atoms with E-state index in [2.05, 4.69) is 41.4 Å². The molecule has 0 amide bonds. The Hall–Kier alpha value is -3.08. The van der Waals surface area contributed by atoms with E-state index in [1.54, 1.807) is 7.11 Å². The Morgan fingerprint density at radius 3 is 2.48 bits per heavy atom. The summed E-state index contributed by atoms with van der Waals surface area (Å²) in [6, 6.07) is 18.1. The summed E-state index contributed by atoms with van der Waals surface area (Å²) in [5.74, 6) is 2.61. The van der Waals surface area contributed by atoms with Crippen molar-refractivity contribution in [1.29, 1.82) is 0 Å². The van der Waals surface area contributed by atoms with E-state index in [9.17, 15) is 0 Å². The Balaban J connectivity index is 1.98. The predicted molar refractivity (Wildman–Crippen MR) is 112 cm³/mol. The summed E-state index contributed by atoms with van der Waals surface area (Å²) >= 11 is 0. The number of aromatic nitrogens is 2. The molecule has 0 aliphatic heterocycles. The van der Waals surface area contributed by atoms with Gasteiger partial charge in [-0.2, -0.15) is 4.98 Å². The van der Waals surface area contributed by atoms with Crippen LogP contribution in [0.4, 0.5) is 17.5 Å². The second kappa shape index (κ2) is 8.54. The van der Waals surface area contributed by atoms with Gasteiger partial charge in [0.25, 0.3) is 0 Å². The second-order valence-electron chi connectivity index (χ2n) is 6.93. The minimum Gasteiger partial charge on any atom is -0.495 e. The third kappa shape index (κ3) is 4.97. The van der Waals surface area contributed by atoms with Gasteiger partial charge in [-0.25, -0.2) is 4.98 Å². The molecule has 3 rings (SSSR count). The number of hydrogen-bond acceptors (Lipinski definition) is 5. The summed E-state index contributed by atoms with van der Waals surface area (Å²) in [5.41, 5.74) is 3.94. The first kappa shape index (κ1) is 18.7. The normalized spacial score (nSPS) is 10.7. The van der Waals surface area contributed by atoms with Gasteiger partial charge in [-0.15, -0.1) is 0 Å². The predicted octanol–water partition coefficient (Wildman–Crippen LogP) is 5.27. The van der Waals surface area contributed by atoms with Crippen LogP contribution in [0.3, 0.4) is 0 Å². The molecule has 140 valence electrons. The van der Waals surface area contributed by atoms with Crippen LogP contribution in [0.25, 0.3) is 11.3 Å². The standard InChI is InChI=1S/C22H26N4O/c1-15(2)14-23-22-25-18(17-8-6-5-7-9-17)13-21(26-22)24-19-12-16(3)10-11-20(19)27-4/h5-13,15H,14H2,1-4H3,(H2,23,24,25,26). The van der Waals surface area contributed by atoms with Gasteiger partial charge in [0.05, 0.1) is 18.5 Å². The minimum absolute atomic E-state index is 0.502. The van der Waals surface area contributed by atoms with Gasteiger partial charge in [0.1, 0.15) is 11.6 Å². The highest BCUT2D eigenvalue weighted by atomic mass is 16.5. The number of anilines is 3. The lowest BCUT2D eigenvalue weighted by molar-refractivity contribution is 0.416. The highest BCUT2D eigenvalue weighted by Gasteiger charge is 2.10. The number of rotatable bonds is 7. The number of nitrogens with one attached hydrogen (secondary N) is 2. The van der Waals surface area contributed by atoms with Gasteiger partial charge in [-0.05, 0) is 30.5 Å². The molecule has 0 bridgehead atoms. The third-order valence-electron chi connectivity index (χ3n) is 4.08. The molecular formula is C22H26N4O. The Kier molecular flexibility index (Phi) is 5.91. The number of nitrogens with zero attached hydrogens (tertiary/aromatic N) is 2. The van der Waals surface area contributed by atoms with Crippen LogP contribution >= 0.6 is 0 Å². The van der Waals surface area contributed by atoms with Gasteiger partial charge < -0.3 is 15.4 Å². The smallest absolute Gasteiger partial charge is 0.225 e. The Morgan fingerprint density at radius 2 is 1.78 bits per heavy atom. The summed E-state index contributed by atoms with van der Waals surface area (Å²) in [6.45, 7) is 7.18. The molecule has 0 saturated carbocycles. The van der Waals surface area contributed by atoms with Crippen molar-refractivity contribution in [3.63, 3.8) is 0 Å². The summed E-state index contributed by atoms with van der Waals surface area (Å²) in [5, 5.41) is 6.71. The van der Waals surface area contributed by atoms with E-state index in [4.69, 9.17) is 4.74 Å². The van der Waals surface area contributed by atoms with E-state index < -0.39 is 0 Å².